The molecule has 6 aliphatic rings. The highest BCUT2D eigenvalue weighted by atomic mass is 16.5. The van der Waals surface area contributed by atoms with Crippen molar-refractivity contribution < 1.29 is 14.3 Å². The zero-order chi connectivity index (χ0) is 27.7. The predicted molar refractivity (Wildman–Crippen MR) is 158 cm³/mol. The Kier molecular flexibility index (Phi) is 4.75. The van der Waals surface area contributed by atoms with Crippen LogP contribution in [0.5, 0.6) is 11.5 Å². The second-order valence-corrected chi connectivity index (χ2v) is 13.4. The number of piperidine rings is 2. The molecule has 4 atom stereocenters. The Morgan fingerprint density at radius 3 is 2.73 bits per heavy atom. The van der Waals surface area contributed by atoms with Crippen LogP contribution in [-0.4, -0.2) is 60.5 Å². The van der Waals surface area contributed by atoms with E-state index in [4.69, 9.17) is 9.47 Å². The van der Waals surface area contributed by atoms with Crippen LogP contribution in [-0.2, 0) is 23.7 Å². The van der Waals surface area contributed by atoms with Gasteiger partial charge in [0.05, 0.1) is 12.8 Å². The second-order valence-electron chi connectivity index (χ2n) is 13.4. The number of hydrogen-bond acceptors (Lipinski definition) is 4. The Bertz CT molecular complexity index is 1660. The number of amides is 1. The Morgan fingerprint density at radius 1 is 1.07 bits per heavy atom. The fraction of sp³-hybridized carbons (Fsp3) is 0.457. The van der Waals surface area contributed by atoms with E-state index in [0.717, 1.165) is 80.2 Å². The minimum atomic E-state index is -0.109. The molecule has 2 aromatic carbocycles. The standard InChI is InChI=1S/C35H37N3O3/c1-20-23-19-25-26-18-22-8-9-27(40-3)31-28(22)35(25,14-15-37(26)2)32(41-31)30(23)36-29(20)33(39)38-16-12-34(13-17-38)11-10-21-6-4-5-7-24(21)34/h4-11,25-26,32,36H,12-19H2,1-3H3/t25-,26+,32-,35?/m0/s1. The highest BCUT2D eigenvalue weighted by Gasteiger charge is 2.65. The van der Waals surface area contributed by atoms with Crippen molar-refractivity contribution in [2.24, 2.45) is 5.92 Å². The molecule has 2 bridgehead atoms. The van der Waals surface area contributed by atoms with Crippen molar-refractivity contribution >= 4 is 12.0 Å². The molecule has 1 N–H and O–H groups in total. The largest absolute Gasteiger partial charge is 0.493 e. The van der Waals surface area contributed by atoms with Gasteiger partial charge >= 0.3 is 0 Å². The fourth-order valence-electron chi connectivity index (χ4n) is 9.79. The van der Waals surface area contributed by atoms with Crippen LogP contribution in [0.15, 0.2) is 42.5 Å². The number of hydrogen-bond donors (Lipinski definition) is 1. The van der Waals surface area contributed by atoms with E-state index >= 15 is 0 Å². The molecule has 2 spiro atoms. The van der Waals surface area contributed by atoms with Crippen molar-refractivity contribution in [1.29, 1.82) is 0 Å². The first-order valence-corrected chi connectivity index (χ1v) is 15.3. The predicted octanol–water partition coefficient (Wildman–Crippen LogP) is 5.34. The maximum absolute atomic E-state index is 14.1. The van der Waals surface area contributed by atoms with Crippen LogP contribution in [0.2, 0.25) is 0 Å². The van der Waals surface area contributed by atoms with Gasteiger partial charge in [0.25, 0.3) is 5.91 Å². The van der Waals surface area contributed by atoms with Gasteiger partial charge in [-0.3, -0.25) is 4.79 Å². The van der Waals surface area contributed by atoms with E-state index in [1.807, 2.05) is 0 Å². The van der Waals surface area contributed by atoms with Crippen molar-refractivity contribution in [2.45, 2.75) is 62.0 Å². The normalized spacial score (nSPS) is 29.6. The van der Waals surface area contributed by atoms with Crippen LogP contribution in [0.1, 0.15) is 74.9 Å². The van der Waals surface area contributed by atoms with Crippen molar-refractivity contribution in [1.82, 2.24) is 14.8 Å². The van der Waals surface area contributed by atoms with Crippen LogP contribution in [0.3, 0.4) is 0 Å². The number of nitrogens with one attached hydrogen (secondary N) is 1. The van der Waals surface area contributed by atoms with Gasteiger partial charge in [0, 0.05) is 35.5 Å². The second kappa shape index (κ2) is 8.07. The minimum absolute atomic E-state index is 0.0655. The molecule has 3 aliphatic heterocycles. The van der Waals surface area contributed by atoms with E-state index in [0.29, 0.717) is 12.0 Å². The van der Waals surface area contributed by atoms with Gasteiger partial charge in [-0.2, -0.15) is 0 Å². The smallest absolute Gasteiger partial charge is 0.270 e. The number of ether oxygens (including phenoxy) is 2. The maximum atomic E-state index is 14.1. The molecular formula is C35H37N3O3. The summed E-state index contributed by atoms with van der Waals surface area (Å²) in [6.07, 6.45) is 9.57. The molecular weight excluding hydrogens is 510 g/mol. The lowest BCUT2D eigenvalue weighted by Gasteiger charge is -2.57. The topological polar surface area (TPSA) is 57.8 Å². The van der Waals surface area contributed by atoms with Crippen LogP contribution in [0, 0.1) is 12.8 Å². The van der Waals surface area contributed by atoms with Crippen molar-refractivity contribution in [2.75, 3.05) is 33.8 Å². The van der Waals surface area contributed by atoms with E-state index < -0.39 is 0 Å². The third-order valence-electron chi connectivity index (χ3n) is 11.9. The van der Waals surface area contributed by atoms with Gasteiger partial charge in [0.15, 0.2) is 11.5 Å². The monoisotopic (exact) mass is 547 g/mol. The Labute approximate surface area is 241 Å². The molecule has 9 rings (SSSR count). The number of carbonyl (C=O) groups is 1. The maximum Gasteiger partial charge on any atom is 0.270 e. The number of carbonyl (C=O) groups excluding carboxylic acids is 1. The SMILES string of the molecule is COc1ccc2c3c1O[C@H]1c4[nH]c(C(=O)N5CCC6(C=Cc7ccccc76)CC5)c(C)c4C[C@H]4[C@@H](C2)N(C)CCC314. The molecule has 3 aliphatic carbocycles. The lowest BCUT2D eigenvalue weighted by molar-refractivity contribution is -0.0256. The fourth-order valence-corrected chi connectivity index (χ4v) is 9.79. The summed E-state index contributed by atoms with van der Waals surface area (Å²) < 4.78 is 12.8. The summed E-state index contributed by atoms with van der Waals surface area (Å²) in [6, 6.07) is 13.5. The van der Waals surface area contributed by atoms with E-state index in [2.05, 4.69) is 77.3 Å². The van der Waals surface area contributed by atoms with Crippen LogP contribution in [0.4, 0.5) is 0 Å². The number of methoxy groups -OCH3 is 1. The first kappa shape index (κ1) is 24.1. The van der Waals surface area contributed by atoms with Crippen molar-refractivity contribution in [3.63, 3.8) is 0 Å². The zero-order valence-corrected chi connectivity index (χ0v) is 24.1. The van der Waals surface area contributed by atoms with E-state index in [1.54, 1.807) is 7.11 Å². The summed E-state index contributed by atoms with van der Waals surface area (Å²) in [4.78, 5) is 22.5. The quantitative estimate of drug-likeness (QED) is 0.471. The lowest BCUT2D eigenvalue weighted by Crippen LogP contribution is -2.62. The van der Waals surface area contributed by atoms with E-state index in [-0.39, 0.29) is 22.8 Å². The number of aromatic amines is 1. The Morgan fingerprint density at radius 2 is 1.90 bits per heavy atom. The van der Waals surface area contributed by atoms with Gasteiger partial charge in [-0.05, 0) is 92.4 Å². The molecule has 1 amide bonds. The molecule has 0 radical (unpaired) electrons. The van der Waals surface area contributed by atoms with E-state index in [9.17, 15) is 4.79 Å². The third kappa shape index (κ3) is 2.89. The number of benzene rings is 2. The molecule has 4 heterocycles. The van der Waals surface area contributed by atoms with Gasteiger partial charge < -0.3 is 24.3 Å². The summed E-state index contributed by atoms with van der Waals surface area (Å²) in [6.45, 7) is 4.75. The van der Waals surface area contributed by atoms with Crippen molar-refractivity contribution in [3.8, 4) is 11.5 Å². The summed E-state index contributed by atoms with van der Waals surface area (Å²) in [5.74, 6) is 2.36. The molecule has 3 aromatic rings. The first-order valence-electron chi connectivity index (χ1n) is 15.3. The number of likely N-dealkylation sites (tertiary alicyclic amines) is 2. The first-order chi connectivity index (χ1) is 19.9. The molecule has 210 valence electrons. The lowest BCUT2D eigenvalue weighted by atomic mass is 9.51. The molecule has 1 unspecified atom stereocenters. The zero-order valence-electron chi connectivity index (χ0n) is 24.1. The third-order valence-corrected chi connectivity index (χ3v) is 11.9. The van der Waals surface area contributed by atoms with Crippen LogP contribution < -0.4 is 9.47 Å². The molecule has 6 heteroatoms. The number of allylic oxidation sites excluding steroid dienone is 1. The van der Waals surface area contributed by atoms with Gasteiger partial charge in [0.2, 0.25) is 0 Å². The highest BCUT2D eigenvalue weighted by molar-refractivity contribution is 5.95. The molecule has 2 fully saturated rings. The van der Waals surface area contributed by atoms with Gasteiger partial charge in [-0.15, -0.1) is 0 Å². The Hall–Kier alpha value is -3.51. The highest BCUT2D eigenvalue weighted by Crippen LogP contribution is 2.67. The van der Waals surface area contributed by atoms with Crippen molar-refractivity contribution in [3.05, 3.63) is 87.2 Å². The number of rotatable bonds is 2. The van der Waals surface area contributed by atoms with Gasteiger partial charge in [0.1, 0.15) is 11.8 Å². The van der Waals surface area contributed by atoms with Gasteiger partial charge in [-0.25, -0.2) is 0 Å². The molecule has 6 nitrogen and oxygen atoms in total. The Balaban J connectivity index is 1.08. The minimum Gasteiger partial charge on any atom is -0.493 e. The summed E-state index contributed by atoms with van der Waals surface area (Å²) in [7, 11) is 4.02. The number of likely N-dealkylation sites (N-methyl/N-ethyl adjacent to an activating group) is 1. The molecule has 1 aromatic heterocycles. The van der Waals surface area contributed by atoms with E-state index in [1.165, 1.54) is 27.8 Å². The molecule has 0 saturated carbocycles. The number of H-pyrrole nitrogens is 1. The summed E-state index contributed by atoms with van der Waals surface area (Å²) in [5, 5.41) is 0. The number of nitrogens with zero attached hydrogens (tertiary/aromatic N) is 2. The molecule has 41 heavy (non-hydrogen) atoms. The van der Waals surface area contributed by atoms with Crippen LogP contribution >= 0.6 is 0 Å². The summed E-state index contributed by atoms with van der Waals surface area (Å²) >= 11 is 0. The number of aromatic nitrogens is 1. The van der Waals surface area contributed by atoms with Gasteiger partial charge in [-0.1, -0.05) is 42.5 Å². The average molecular weight is 548 g/mol. The van der Waals surface area contributed by atoms with Crippen LogP contribution in [0.25, 0.3) is 6.08 Å². The molecule has 2 saturated heterocycles. The number of fused-ring (bicyclic) bond motifs is 4. The average Bonchev–Trinajstić information content (AvgIpc) is 3.64. The summed E-state index contributed by atoms with van der Waals surface area (Å²) in [5.41, 5.74) is 9.83.